The van der Waals surface area contributed by atoms with E-state index in [1.54, 1.807) is 23.9 Å². The summed E-state index contributed by atoms with van der Waals surface area (Å²) in [6, 6.07) is 5.50. The lowest BCUT2D eigenvalue weighted by atomic mass is 10.2. The fraction of sp³-hybridized carbons (Fsp3) is 0.333. The molecule has 1 rings (SSSR count). The van der Waals surface area contributed by atoms with Gasteiger partial charge < -0.3 is 16.2 Å². The Morgan fingerprint density at radius 1 is 1.50 bits per heavy atom. The summed E-state index contributed by atoms with van der Waals surface area (Å²) in [4.78, 5) is 22.5. The predicted octanol–water partition coefficient (Wildman–Crippen LogP) is 1.40. The molecule has 0 heterocycles. The lowest BCUT2D eigenvalue weighted by Gasteiger charge is -2.11. The summed E-state index contributed by atoms with van der Waals surface area (Å²) in [6.07, 6.45) is 2.53. The van der Waals surface area contributed by atoms with Crippen LogP contribution >= 0.6 is 11.8 Å². The average molecular weight is 268 g/mol. The number of aromatic carboxylic acids is 1. The molecule has 0 bridgehead atoms. The number of nitrogens with one attached hydrogen (secondary N) is 1. The zero-order chi connectivity index (χ0) is 13.5. The molecule has 0 saturated carbocycles. The molecule has 0 aliphatic carbocycles. The van der Waals surface area contributed by atoms with Crippen LogP contribution in [0, 0.1) is 0 Å². The van der Waals surface area contributed by atoms with Crippen LogP contribution in [-0.4, -0.2) is 35.0 Å². The van der Waals surface area contributed by atoms with Gasteiger partial charge in [0.15, 0.2) is 0 Å². The van der Waals surface area contributed by atoms with Gasteiger partial charge in [0.2, 0.25) is 5.91 Å². The molecule has 0 radical (unpaired) electrons. The number of carbonyl (C=O) groups is 2. The molecule has 0 aliphatic heterocycles. The summed E-state index contributed by atoms with van der Waals surface area (Å²) >= 11 is 1.62. The van der Waals surface area contributed by atoms with Gasteiger partial charge in [-0.15, -0.1) is 0 Å². The molecule has 0 fully saturated rings. The molecule has 4 N–H and O–H groups in total. The highest BCUT2D eigenvalue weighted by Crippen LogP contribution is 2.11. The zero-order valence-electron chi connectivity index (χ0n) is 10.1. The molecule has 1 aromatic carbocycles. The molecular weight excluding hydrogens is 252 g/mol. The van der Waals surface area contributed by atoms with E-state index in [1.165, 1.54) is 12.1 Å². The number of hydrogen-bond acceptors (Lipinski definition) is 4. The highest BCUT2D eigenvalue weighted by Gasteiger charge is 2.13. The van der Waals surface area contributed by atoms with Gasteiger partial charge in [0, 0.05) is 5.69 Å². The highest BCUT2D eigenvalue weighted by molar-refractivity contribution is 7.98. The van der Waals surface area contributed by atoms with Gasteiger partial charge >= 0.3 is 5.97 Å². The Kier molecular flexibility index (Phi) is 5.67. The molecule has 0 unspecified atom stereocenters. The Morgan fingerprint density at radius 3 is 2.83 bits per heavy atom. The molecule has 1 amide bonds. The minimum atomic E-state index is -1.03. The molecule has 6 heteroatoms. The summed E-state index contributed by atoms with van der Waals surface area (Å²) in [6.45, 7) is 0. The van der Waals surface area contributed by atoms with Crippen molar-refractivity contribution in [2.75, 3.05) is 17.3 Å². The molecular formula is C12H16N2O3S. The number of amides is 1. The Morgan fingerprint density at radius 2 is 2.22 bits per heavy atom. The number of hydrogen-bond donors (Lipinski definition) is 3. The van der Waals surface area contributed by atoms with Crippen molar-refractivity contribution in [1.82, 2.24) is 0 Å². The smallest absolute Gasteiger partial charge is 0.335 e. The van der Waals surface area contributed by atoms with Gasteiger partial charge in [-0.25, -0.2) is 4.79 Å². The van der Waals surface area contributed by atoms with Crippen molar-refractivity contribution < 1.29 is 14.7 Å². The van der Waals surface area contributed by atoms with Crippen molar-refractivity contribution in [1.29, 1.82) is 0 Å². The number of nitrogens with two attached hydrogens (primary N) is 1. The molecule has 1 atom stereocenters. The first-order valence-corrected chi connectivity index (χ1v) is 6.82. The molecule has 5 nitrogen and oxygen atoms in total. The summed E-state index contributed by atoms with van der Waals surface area (Å²) in [5.41, 5.74) is 6.28. The van der Waals surface area contributed by atoms with Gasteiger partial charge in [0.05, 0.1) is 11.6 Å². The first-order chi connectivity index (χ1) is 8.54. The zero-order valence-corrected chi connectivity index (χ0v) is 10.9. The summed E-state index contributed by atoms with van der Waals surface area (Å²) in [5.74, 6) is -0.520. The van der Waals surface area contributed by atoms with Crippen LogP contribution in [0.4, 0.5) is 5.69 Å². The van der Waals surface area contributed by atoms with Gasteiger partial charge in [-0.1, -0.05) is 6.07 Å². The molecule has 0 aliphatic rings. The fourth-order valence-electron chi connectivity index (χ4n) is 1.34. The molecule has 98 valence electrons. The van der Waals surface area contributed by atoms with Crippen LogP contribution in [0.2, 0.25) is 0 Å². The number of thioether (sulfide) groups is 1. The van der Waals surface area contributed by atoms with Crippen LogP contribution in [0.5, 0.6) is 0 Å². The molecule has 18 heavy (non-hydrogen) atoms. The number of benzene rings is 1. The Balaban J connectivity index is 2.64. The van der Waals surface area contributed by atoms with E-state index in [2.05, 4.69) is 5.32 Å². The van der Waals surface area contributed by atoms with Crippen molar-refractivity contribution in [2.45, 2.75) is 12.5 Å². The quantitative estimate of drug-likeness (QED) is 0.725. The van der Waals surface area contributed by atoms with Gasteiger partial charge in [-0.05, 0) is 36.6 Å². The number of carbonyl (C=O) groups excluding carboxylic acids is 1. The predicted molar refractivity (Wildman–Crippen MR) is 73.0 cm³/mol. The normalized spacial score (nSPS) is 11.9. The summed E-state index contributed by atoms with van der Waals surface area (Å²) in [5, 5.41) is 11.4. The van der Waals surface area contributed by atoms with Crippen molar-refractivity contribution >= 4 is 29.3 Å². The molecule has 0 saturated heterocycles. The molecule has 0 aromatic heterocycles. The first-order valence-electron chi connectivity index (χ1n) is 5.43. The second-order valence-electron chi connectivity index (χ2n) is 3.76. The third-order valence-corrected chi connectivity index (χ3v) is 2.99. The monoisotopic (exact) mass is 268 g/mol. The van der Waals surface area contributed by atoms with Crippen LogP contribution in [0.15, 0.2) is 24.3 Å². The third kappa shape index (κ3) is 4.38. The lowest BCUT2D eigenvalue weighted by molar-refractivity contribution is -0.117. The van der Waals surface area contributed by atoms with Crippen LogP contribution in [0.25, 0.3) is 0 Å². The first kappa shape index (κ1) is 14.5. The van der Waals surface area contributed by atoms with Gasteiger partial charge in [-0.2, -0.15) is 11.8 Å². The third-order valence-electron chi connectivity index (χ3n) is 2.35. The maximum absolute atomic E-state index is 11.7. The van der Waals surface area contributed by atoms with E-state index in [0.717, 1.165) is 5.75 Å². The van der Waals surface area contributed by atoms with E-state index in [-0.39, 0.29) is 11.5 Å². The van der Waals surface area contributed by atoms with Crippen molar-refractivity contribution in [3.05, 3.63) is 29.8 Å². The van der Waals surface area contributed by atoms with Gasteiger partial charge in [0.1, 0.15) is 0 Å². The number of anilines is 1. The van der Waals surface area contributed by atoms with Crippen molar-refractivity contribution in [2.24, 2.45) is 5.73 Å². The number of carboxylic acid groups (broad SMARTS) is 1. The Hall–Kier alpha value is -1.53. The highest BCUT2D eigenvalue weighted by atomic mass is 32.2. The maximum Gasteiger partial charge on any atom is 0.335 e. The van der Waals surface area contributed by atoms with Crippen LogP contribution in [-0.2, 0) is 4.79 Å². The van der Waals surface area contributed by atoms with E-state index in [1.807, 2.05) is 6.26 Å². The Bertz CT molecular complexity index is 437. The maximum atomic E-state index is 11.7. The van der Waals surface area contributed by atoms with Crippen molar-refractivity contribution in [3.63, 3.8) is 0 Å². The van der Waals surface area contributed by atoms with E-state index in [9.17, 15) is 9.59 Å². The van der Waals surface area contributed by atoms with E-state index >= 15 is 0 Å². The summed E-state index contributed by atoms with van der Waals surface area (Å²) < 4.78 is 0. The minimum absolute atomic E-state index is 0.130. The van der Waals surface area contributed by atoms with Crippen LogP contribution in [0.1, 0.15) is 16.8 Å². The van der Waals surface area contributed by atoms with Crippen molar-refractivity contribution in [3.8, 4) is 0 Å². The fourth-order valence-corrected chi connectivity index (χ4v) is 1.83. The molecule has 1 aromatic rings. The average Bonchev–Trinajstić information content (AvgIpc) is 2.36. The van der Waals surface area contributed by atoms with Crippen LogP contribution < -0.4 is 11.1 Å². The Labute approximate surface area is 110 Å². The topological polar surface area (TPSA) is 92.4 Å². The largest absolute Gasteiger partial charge is 0.478 e. The van der Waals surface area contributed by atoms with E-state index < -0.39 is 12.0 Å². The van der Waals surface area contributed by atoms with E-state index in [4.69, 9.17) is 10.8 Å². The minimum Gasteiger partial charge on any atom is -0.478 e. The van der Waals surface area contributed by atoms with Gasteiger partial charge in [0.25, 0.3) is 0 Å². The number of rotatable bonds is 6. The second-order valence-corrected chi connectivity index (χ2v) is 4.75. The SMILES string of the molecule is CSCC[C@H](N)C(=O)Nc1cccc(C(=O)O)c1. The lowest BCUT2D eigenvalue weighted by Crippen LogP contribution is -2.36. The van der Waals surface area contributed by atoms with Gasteiger partial charge in [-0.3, -0.25) is 4.79 Å². The number of carboxylic acids is 1. The van der Waals surface area contributed by atoms with E-state index in [0.29, 0.717) is 12.1 Å². The summed E-state index contributed by atoms with van der Waals surface area (Å²) in [7, 11) is 0. The molecule has 0 spiro atoms. The van der Waals surface area contributed by atoms with Crippen LogP contribution in [0.3, 0.4) is 0 Å². The standard InChI is InChI=1S/C12H16N2O3S/c1-18-6-5-10(13)11(15)14-9-4-2-3-8(7-9)12(16)17/h2-4,7,10H,5-6,13H2,1H3,(H,14,15)(H,16,17)/t10-/m0/s1. The second kappa shape index (κ2) is 7.03.